The van der Waals surface area contributed by atoms with Gasteiger partial charge in [-0.25, -0.2) is 4.39 Å². The van der Waals surface area contributed by atoms with E-state index in [1.165, 1.54) is 12.1 Å². The molecule has 19 heavy (non-hydrogen) atoms. The lowest BCUT2D eigenvalue weighted by Gasteiger charge is -2.06. The molecule has 0 aliphatic heterocycles. The largest absolute Gasteiger partial charge is 0.494 e. The van der Waals surface area contributed by atoms with E-state index in [9.17, 15) is 9.18 Å². The first-order chi connectivity index (χ1) is 9.19. The SMILES string of the molecule is CCOc1cccc(C(=O)Cc2cccc(F)c2)c1. The zero-order valence-corrected chi connectivity index (χ0v) is 10.7. The van der Waals surface area contributed by atoms with Crippen molar-refractivity contribution >= 4 is 5.78 Å². The molecule has 98 valence electrons. The summed E-state index contributed by atoms with van der Waals surface area (Å²) in [5.41, 5.74) is 1.25. The van der Waals surface area contributed by atoms with E-state index >= 15 is 0 Å². The predicted octanol–water partition coefficient (Wildman–Crippen LogP) is 3.65. The molecule has 0 heterocycles. The van der Waals surface area contributed by atoms with Crippen molar-refractivity contribution in [1.82, 2.24) is 0 Å². The summed E-state index contributed by atoms with van der Waals surface area (Å²) in [5.74, 6) is 0.299. The molecular weight excluding hydrogens is 243 g/mol. The molecule has 0 radical (unpaired) electrons. The molecule has 0 aliphatic rings. The van der Waals surface area contributed by atoms with E-state index in [0.29, 0.717) is 23.5 Å². The quantitative estimate of drug-likeness (QED) is 0.765. The molecule has 0 saturated heterocycles. The first-order valence-electron chi connectivity index (χ1n) is 6.19. The minimum Gasteiger partial charge on any atom is -0.494 e. The van der Waals surface area contributed by atoms with Crippen LogP contribution in [0, 0.1) is 5.82 Å². The van der Waals surface area contributed by atoms with Gasteiger partial charge in [0.15, 0.2) is 5.78 Å². The van der Waals surface area contributed by atoms with Crippen molar-refractivity contribution in [1.29, 1.82) is 0 Å². The lowest BCUT2D eigenvalue weighted by molar-refractivity contribution is 0.0992. The molecule has 2 aromatic carbocycles. The summed E-state index contributed by atoms with van der Waals surface area (Å²) in [6.07, 6.45) is 0.188. The van der Waals surface area contributed by atoms with Gasteiger partial charge < -0.3 is 4.74 Å². The standard InChI is InChI=1S/C16H15FO2/c1-2-19-15-8-4-6-13(11-15)16(18)10-12-5-3-7-14(17)9-12/h3-9,11H,2,10H2,1H3. The Labute approximate surface area is 111 Å². The third-order valence-corrected chi connectivity index (χ3v) is 2.72. The number of carbonyl (C=O) groups is 1. The first kappa shape index (κ1) is 13.3. The summed E-state index contributed by atoms with van der Waals surface area (Å²) in [7, 11) is 0. The van der Waals surface area contributed by atoms with Crippen LogP contribution in [0.5, 0.6) is 5.75 Å². The van der Waals surface area contributed by atoms with Crippen molar-refractivity contribution in [3.8, 4) is 5.75 Å². The van der Waals surface area contributed by atoms with Gasteiger partial charge >= 0.3 is 0 Å². The average molecular weight is 258 g/mol. The second-order valence-corrected chi connectivity index (χ2v) is 4.19. The second-order valence-electron chi connectivity index (χ2n) is 4.19. The molecule has 3 heteroatoms. The zero-order chi connectivity index (χ0) is 13.7. The molecule has 2 rings (SSSR count). The fourth-order valence-electron chi connectivity index (χ4n) is 1.86. The van der Waals surface area contributed by atoms with Gasteiger partial charge in [-0.3, -0.25) is 4.79 Å². The highest BCUT2D eigenvalue weighted by Gasteiger charge is 2.08. The van der Waals surface area contributed by atoms with Crippen LogP contribution < -0.4 is 4.74 Å². The van der Waals surface area contributed by atoms with Crippen LogP contribution in [0.25, 0.3) is 0 Å². The number of hydrogen-bond donors (Lipinski definition) is 0. The Morgan fingerprint density at radius 2 is 1.95 bits per heavy atom. The first-order valence-corrected chi connectivity index (χ1v) is 6.19. The van der Waals surface area contributed by atoms with Crippen LogP contribution in [0.3, 0.4) is 0 Å². The predicted molar refractivity (Wildman–Crippen MR) is 72.0 cm³/mol. The highest BCUT2D eigenvalue weighted by atomic mass is 19.1. The summed E-state index contributed by atoms with van der Waals surface area (Å²) in [6.45, 7) is 2.45. The number of benzene rings is 2. The molecule has 0 unspecified atom stereocenters. The van der Waals surface area contributed by atoms with Crippen LogP contribution in [0.1, 0.15) is 22.8 Å². The summed E-state index contributed by atoms with van der Waals surface area (Å²) in [5, 5.41) is 0. The number of ether oxygens (including phenoxy) is 1. The fourth-order valence-corrected chi connectivity index (χ4v) is 1.86. The number of halogens is 1. The monoisotopic (exact) mass is 258 g/mol. The highest BCUT2D eigenvalue weighted by Crippen LogP contribution is 2.15. The van der Waals surface area contributed by atoms with Crippen molar-refractivity contribution < 1.29 is 13.9 Å². The molecule has 0 aromatic heterocycles. The van der Waals surface area contributed by atoms with E-state index in [-0.39, 0.29) is 18.0 Å². The molecule has 0 aliphatic carbocycles. The van der Waals surface area contributed by atoms with E-state index in [1.807, 2.05) is 13.0 Å². The number of ketones is 1. The minimum absolute atomic E-state index is 0.0489. The Hall–Kier alpha value is -2.16. The Morgan fingerprint density at radius 3 is 2.68 bits per heavy atom. The van der Waals surface area contributed by atoms with E-state index in [0.717, 1.165) is 0 Å². The lowest BCUT2D eigenvalue weighted by atomic mass is 10.0. The maximum absolute atomic E-state index is 13.1. The summed E-state index contributed by atoms with van der Waals surface area (Å²) in [6, 6.07) is 13.1. The van der Waals surface area contributed by atoms with Crippen LogP contribution in [-0.4, -0.2) is 12.4 Å². The summed E-state index contributed by atoms with van der Waals surface area (Å²) < 4.78 is 18.4. The lowest BCUT2D eigenvalue weighted by Crippen LogP contribution is -2.04. The summed E-state index contributed by atoms with van der Waals surface area (Å²) in [4.78, 5) is 12.1. The van der Waals surface area contributed by atoms with Crippen LogP contribution >= 0.6 is 0 Å². The number of carbonyl (C=O) groups excluding carboxylic acids is 1. The smallest absolute Gasteiger partial charge is 0.167 e. The molecule has 2 aromatic rings. The maximum Gasteiger partial charge on any atom is 0.167 e. The van der Waals surface area contributed by atoms with Crippen molar-refractivity contribution in [2.45, 2.75) is 13.3 Å². The zero-order valence-electron chi connectivity index (χ0n) is 10.7. The third-order valence-electron chi connectivity index (χ3n) is 2.72. The van der Waals surface area contributed by atoms with Gasteiger partial charge in [-0.2, -0.15) is 0 Å². The van der Waals surface area contributed by atoms with Crippen LogP contribution in [0.2, 0.25) is 0 Å². The van der Waals surface area contributed by atoms with Gasteiger partial charge in [0, 0.05) is 12.0 Å². The third kappa shape index (κ3) is 3.65. The molecule has 2 nitrogen and oxygen atoms in total. The van der Waals surface area contributed by atoms with Crippen molar-refractivity contribution in [2.75, 3.05) is 6.61 Å². The Balaban J connectivity index is 2.13. The maximum atomic E-state index is 13.1. The van der Waals surface area contributed by atoms with Gasteiger partial charge in [-0.15, -0.1) is 0 Å². The second kappa shape index (κ2) is 6.14. The van der Waals surface area contributed by atoms with Gasteiger partial charge in [0.25, 0.3) is 0 Å². The Kier molecular flexibility index (Phi) is 4.29. The summed E-state index contributed by atoms with van der Waals surface area (Å²) >= 11 is 0. The minimum atomic E-state index is -0.326. The topological polar surface area (TPSA) is 26.3 Å². The molecule has 0 fully saturated rings. The van der Waals surface area contributed by atoms with Gasteiger partial charge in [0.05, 0.1) is 6.61 Å². The van der Waals surface area contributed by atoms with Crippen LogP contribution in [-0.2, 0) is 6.42 Å². The van der Waals surface area contributed by atoms with E-state index < -0.39 is 0 Å². The normalized spacial score (nSPS) is 10.2. The van der Waals surface area contributed by atoms with Crippen LogP contribution in [0.15, 0.2) is 48.5 Å². The Bertz CT molecular complexity index is 578. The molecule has 0 amide bonds. The number of Topliss-reactive ketones (excluding diaryl/α,β-unsaturated/α-hetero) is 1. The number of rotatable bonds is 5. The van der Waals surface area contributed by atoms with Crippen molar-refractivity contribution in [3.63, 3.8) is 0 Å². The number of hydrogen-bond acceptors (Lipinski definition) is 2. The molecule has 0 atom stereocenters. The van der Waals surface area contributed by atoms with Gasteiger partial charge in [-0.1, -0.05) is 24.3 Å². The fraction of sp³-hybridized carbons (Fsp3) is 0.188. The van der Waals surface area contributed by atoms with Gasteiger partial charge in [-0.05, 0) is 36.8 Å². The van der Waals surface area contributed by atoms with E-state index in [2.05, 4.69) is 0 Å². The van der Waals surface area contributed by atoms with Gasteiger partial charge in [0.1, 0.15) is 11.6 Å². The Morgan fingerprint density at radius 1 is 1.16 bits per heavy atom. The van der Waals surface area contributed by atoms with Crippen molar-refractivity contribution in [2.24, 2.45) is 0 Å². The molecule has 0 spiro atoms. The van der Waals surface area contributed by atoms with E-state index in [4.69, 9.17) is 4.74 Å². The molecule has 0 N–H and O–H groups in total. The van der Waals surface area contributed by atoms with Gasteiger partial charge in [0.2, 0.25) is 0 Å². The van der Waals surface area contributed by atoms with Crippen molar-refractivity contribution in [3.05, 3.63) is 65.5 Å². The average Bonchev–Trinajstić information content (AvgIpc) is 2.39. The molecule has 0 bridgehead atoms. The molecule has 0 saturated carbocycles. The highest BCUT2D eigenvalue weighted by molar-refractivity contribution is 5.97. The molecular formula is C16H15FO2. The van der Waals surface area contributed by atoms with E-state index in [1.54, 1.807) is 30.3 Å². The van der Waals surface area contributed by atoms with Crippen LogP contribution in [0.4, 0.5) is 4.39 Å².